The molecule has 0 spiro atoms. The molecular formula is C32H66O. The molecule has 0 aromatic rings. The van der Waals surface area contributed by atoms with Crippen LogP contribution in [-0.2, 0) is 4.74 Å². The second kappa shape index (κ2) is 28.2. The summed E-state index contributed by atoms with van der Waals surface area (Å²) in [4.78, 5) is 0. The maximum atomic E-state index is 6.53. The van der Waals surface area contributed by atoms with Gasteiger partial charge in [-0.3, -0.25) is 0 Å². The van der Waals surface area contributed by atoms with Crippen LogP contribution >= 0.6 is 0 Å². The van der Waals surface area contributed by atoms with E-state index in [1.807, 2.05) is 0 Å². The van der Waals surface area contributed by atoms with Crippen molar-refractivity contribution in [1.29, 1.82) is 0 Å². The molecule has 0 rings (SSSR count). The van der Waals surface area contributed by atoms with Crippen molar-refractivity contribution in [1.82, 2.24) is 0 Å². The van der Waals surface area contributed by atoms with Crippen LogP contribution in [0.15, 0.2) is 0 Å². The molecule has 1 heteroatoms. The van der Waals surface area contributed by atoms with Crippen LogP contribution < -0.4 is 0 Å². The summed E-state index contributed by atoms with van der Waals surface area (Å²) in [5, 5.41) is 0. The molecule has 33 heavy (non-hydrogen) atoms. The normalized spacial score (nSPS) is 13.5. The Kier molecular flexibility index (Phi) is 28.2. The van der Waals surface area contributed by atoms with Crippen LogP contribution in [0.25, 0.3) is 0 Å². The van der Waals surface area contributed by atoms with Gasteiger partial charge in [0.25, 0.3) is 0 Å². The third kappa shape index (κ3) is 24.9. The fraction of sp³-hybridized carbons (Fsp3) is 1.00. The first-order valence-electron chi connectivity index (χ1n) is 15.9. The Labute approximate surface area is 211 Å². The molecule has 0 amide bonds. The van der Waals surface area contributed by atoms with E-state index in [1.54, 1.807) is 0 Å². The minimum Gasteiger partial charge on any atom is -0.375 e. The smallest absolute Gasteiger partial charge is 0.0576 e. The van der Waals surface area contributed by atoms with Crippen molar-refractivity contribution >= 4 is 0 Å². The molecule has 0 saturated heterocycles. The molecule has 0 aliphatic carbocycles. The second-order valence-electron chi connectivity index (χ2n) is 10.8. The molecule has 0 aliphatic heterocycles. The van der Waals surface area contributed by atoms with Gasteiger partial charge in [-0.2, -0.15) is 0 Å². The molecule has 200 valence electrons. The highest BCUT2D eigenvalue weighted by Gasteiger charge is 2.13. The van der Waals surface area contributed by atoms with E-state index in [9.17, 15) is 0 Å². The minimum atomic E-state index is 0.501. The fourth-order valence-electron chi connectivity index (χ4n) is 5.08. The lowest BCUT2D eigenvalue weighted by atomic mass is 10.0. The number of hydrogen-bond acceptors (Lipinski definition) is 1. The molecule has 0 radical (unpaired) electrons. The Balaban J connectivity index is 3.57. The van der Waals surface area contributed by atoms with Gasteiger partial charge in [-0.05, 0) is 25.7 Å². The van der Waals surface area contributed by atoms with Crippen LogP contribution in [0.5, 0.6) is 0 Å². The van der Waals surface area contributed by atoms with Gasteiger partial charge in [0.1, 0.15) is 0 Å². The predicted octanol–water partition coefficient (Wildman–Crippen LogP) is 12.0. The molecule has 0 fully saturated rings. The Hall–Kier alpha value is -0.0400. The van der Waals surface area contributed by atoms with Gasteiger partial charge in [-0.25, -0.2) is 0 Å². The minimum absolute atomic E-state index is 0.501. The van der Waals surface area contributed by atoms with E-state index in [-0.39, 0.29) is 0 Å². The van der Waals surface area contributed by atoms with E-state index in [2.05, 4.69) is 27.7 Å². The van der Waals surface area contributed by atoms with E-state index in [0.29, 0.717) is 12.2 Å². The largest absolute Gasteiger partial charge is 0.375 e. The standard InChI is InChI=1S/C32H66O/c1-5-9-11-13-15-17-19-21-23-25-27-29-31(7-3)33-32(8-4)30-28-26-24-22-20-18-16-14-12-10-6-2/h31-32H,5-30H2,1-4H3. The first kappa shape index (κ1) is 33.0. The SMILES string of the molecule is CCCCCCCCCCCCCC(CC)OC(CC)CCCCCCCCCCCCC. The van der Waals surface area contributed by atoms with Gasteiger partial charge in [0.05, 0.1) is 12.2 Å². The summed E-state index contributed by atoms with van der Waals surface area (Å²) >= 11 is 0. The average molecular weight is 467 g/mol. The maximum Gasteiger partial charge on any atom is 0.0576 e. The van der Waals surface area contributed by atoms with E-state index in [1.165, 1.54) is 167 Å². The summed E-state index contributed by atoms with van der Waals surface area (Å²) < 4.78 is 6.53. The van der Waals surface area contributed by atoms with E-state index < -0.39 is 0 Å². The Morgan fingerprint density at radius 1 is 0.333 bits per heavy atom. The van der Waals surface area contributed by atoms with Gasteiger partial charge >= 0.3 is 0 Å². The van der Waals surface area contributed by atoms with Crippen LogP contribution in [0.3, 0.4) is 0 Å². The lowest BCUT2D eigenvalue weighted by molar-refractivity contribution is -0.0257. The highest BCUT2D eigenvalue weighted by Crippen LogP contribution is 2.19. The van der Waals surface area contributed by atoms with Crippen molar-refractivity contribution in [3.8, 4) is 0 Å². The summed E-state index contributed by atoms with van der Waals surface area (Å²) in [6, 6.07) is 0. The van der Waals surface area contributed by atoms with E-state index >= 15 is 0 Å². The molecule has 1 nitrogen and oxygen atoms in total. The first-order chi connectivity index (χ1) is 16.3. The molecule has 0 heterocycles. The summed E-state index contributed by atoms with van der Waals surface area (Å²) in [6.45, 7) is 9.24. The van der Waals surface area contributed by atoms with Crippen LogP contribution in [0, 0.1) is 0 Å². The predicted molar refractivity (Wildman–Crippen MR) is 151 cm³/mol. The molecule has 0 bridgehead atoms. The quantitative estimate of drug-likeness (QED) is 0.104. The summed E-state index contributed by atoms with van der Waals surface area (Å²) in [5.74, 6) is 0. The van der Waals surface area contributed by atoms with Crippen molar-refractivity contribution in [3.63, 3.8) is 0 Å². The molecule has 0 aliphatic rings. The van der Waals surface area contributed by atoms with Gasteiger partial charge in [0.2, 0.25) is 0 Å². The Bertz CT molecular complexity index is 307. The van der Waals surface area contributed by atoms with Gasteiger partial charge in [-0.1, -0.05) is 169 Å². The lowest BCUT2D eigenvalue weighted by Gasteiger charge is -2.23. The van der Waals surface area contributed by atoms with Gasteiger partial charge in [0, 0.05) is 0 Å². The number of ether oxygens (including phenoxy) is 1. The third-order valence-corrected chi connectivity index (χ3v) is 7.55. The van der Waals surface area contributed by atoms with Crippen LogP contribution in [-0.4, -0.2) is 12.2 Å². The van der Waals surface area contributed by atoms with Gasteiger partial charge in [0.15, 0.2) is 0 Å². The second-order valence-corrected chi connectivity index (χ2v) is 10.8. The van der Waals surface area contributed by atoms with Crippen molar-refractivity contribution in [3.05, 3.63) is 0 Å². The van der Waals surface area contributed by atoms with Crippen molar-refractivity contribution in [2.75, 3.05) is 0 Å². The molecule has 0 aromatic carbocycles. The monoisotopic (exact) mass is 467 g/mol. The molecular weight excluding hydrogens is 400 g/mol. The van der Waals surface area contributed by atoms with E-state index in [0.717, 1.165) is 0 Å². The highest BCUT2D eigenvalue weighted by molar-refractivity contribution is 4.63. The molecule has 0 saturated carbocycles. The van der Waals surface area contributed by atoms with Crippen molar-refractivity contribution in [2.45, 2.75) is 207 Å². The first-order valence-corrected chi connectivity index (χ1v) is 15.9. The zero-order valence-corrected chi connectivity index (χ0v) is 23.9. The van der Waals surface area contributed by atoms with Gasteiger partial charge < -0.3 is 4.74 Å². The molecule has 2 atom stereocenters. The van der Waals surface area contributed by atoms with Crippen LogP contribution in [0.2, 0.25) is 0 Å². The summed E-state index contributed by atoms with van der Waals surface area (Å²) in [7, 11) is 0. The van der Waals surface area contributed by atoms with Crippen molar-refractivity contribution in [2.24, 2.45) is 0 Å². The van der Waals surface area contributed by atoms with Crippen LogP contribution in [0.4, 0.5) is 0 Å². The molecule has 0 N–H and O–H groups in total. The summed E-state index contributed by atoms with van der Waals surface area (Å²) in [6.07, 6.45) is 37.4. The topological polar surface area (TPSA) is 9.23 Å². The zero-order valence-electron chi connectivity index (χ0n) is 23.9. The van der Waals surface area contributed by atoms with Crippen LogP contribution in [0.1, 0.15) is 195 Å². The molecule has 2 unspecified atom stereocenters. The van der Waals surface area contributed by atoms with Gasteiger partial charge in [-0.15, -0.1) is 0 Å². The van der Waals surface area contributed by atoms with E-state index in [4.69, 9.17) is 4.74 Å². The fourth-order valence-corrected chi connectivity index (χ4v) is 5.08. The Morgan fingerprint density at radius 2 is 0.576 bits per heavy atom. The number of rotatable bonds is 28. The van der Waals surface area contributed by atoms with Crippen molar-refractivity contribution < 1.29 is 4.74 Å². The lowest BCUT2D eigenvalue weighted by Crippen LogP contribution is -2.21. The number of unbranched alkanes of at least 4 members (excludes halogenated alkanes) is 20. The highest BCUT2D eigenvalue weighted by atomic mass is 16.5. The number of hydrogen-bond donors (Lipinski definition) is 0. The molecule has 0 aromatic heterocycles. The zero-order chi connectivity index (χ0) is 24.2. The average Bonchev–Trinajstić information content (AvgIpc) is 2.83. The Morgan fingerprint density at radius 3 is 0.818 bits per heavy atom. The maximum absolute atomic E-state index is 6.53. The summed E-state index contributed by atoms with van der Waals surface area (Å²) in [5.41, 5.74) is 0. The third-order valence-electron chi connectivity index (χ3n) is 7.55.